The van der Waals surface area contributed by atoms with Gasteiger partial charge in [-0.3, -0.25) is 0 Å². The van der Waals surface area contributed by atoms with Gasteiger partial charge in [-0.2, -0.15) is 0 Å². The average molecular weight is 321 g/mol. The lowest BCUT2D eigenvalue weighted by atomic mass is 9.48. The van der Waals surface area contributed by atoms with Gasteiger partial charge < -0.3 is 4.74 Å². The summed E-state index contributed by atoms with van der Waals surface area (Å²) in [5.41, 5.74) is 1.90. The summed E-state index contributed by atoms with van der Waals surface area (Å²) in [6, 6.07) is 6.60. The number of para-hydroxylation sites is 1. The highest BCUT2D eigenvalue weighted by molar-refractivity contribution is 9.10. The molecule has 4 fully saturated rings. The zero-order chi connectivity index (χ0) is 13.0. The number of rotatable bonds is 2. The van der Waals surface area contributed by atoms with Crippen LogP contribution < -0.4 is 4.74 Å². The maximum absolute atomic E-state index is 5.72. The Morgan fingerprint density at radius 1 is 1.05 bits per heavy atom. The van der Waals surface area contributed by atoms with Gasteiger partial charge in [0.2, 0.25) is 0 Å². The van der Waals surface area contributed by atoms with E-state index in [4.69, 9.17) is 4.74 Å². The quantitative estimate of drug-likeness (QED) is 0.751. The molecule has 0 spiro atoms. The maximum atomic E-state index is 5.72. The van der Waals surface area contributed by atoms with Crippen LogP contribution in [-0.4, -0.2) is 7.11 Å². The highest BCUT2D eigenvalue weighted by Crippen LogP contribution is 2.62. The predicted octanol–water partition coefficient (Wildman–Crippen LogP) is 4.93. The molecule has 1 aromatic rings. The molecule has 102 valence electrons. The second-order valence-electron chi connectivity index (χ2n) is 7.02. The van der Waals surface area contributed by atoms with Crippen molar-refractivity contribution in [2.45, 2.75) is 43.9 Å². The van der Waals surface area contributed by atoms with Gasteiger partial charge in [0.05, 0.1) is 11.6 Å². The second-order valence-corrected chi connectivity index (χ2v) is 7.87. The van der Waals surface area contributed by atoms with Crippen molar-refractivity contribution in [2.75, 3.05) is 7.11 Å². The molecule has 4 bridgehead atoms. The van der Waals surface area contributed by atoms with Crippen molar-refractivity contribution in [3.8, 4) is 5.75 Å². The summed E-state index contributed by atoms with van der Waals surface area (Å²) in [5, 5.41) is 0. The summed E-state index contributed by atoms with van der Waals surface area (Å²) in [6.07, 6.45) is 8.67. The Hall–Kier alpha value is -0.500. The molecular weight excluding hydrogens is 300 g/mol. The molecule has 0 N–H and O–H groups in total. The lowest BCUT2D eigenvalue weighted by Gasteiger charge is -2.57. The van der Waals surface area contributed by atoms with E-state index in [0.717, 1.165) is 28.0 Å². The van der Waals surface area contributed by atoms with E-state index in [2.05, 4.69) is 34.1 Å². The Bertz CT molecular complexity index is 473. The Labute approximate surface area is 123 Å². The minimum Gasteiger partial charge on any atom is -0.495 e. The molecule has 4 aliphatic carbocycles. The SMILES string of the molecule is COc1c(Br)cccc1C12CC3CC(CC(C3)C1)C2. The summed E-state index contributed by atoms with van der Waals surface area (Å²) < 4.78 is 6.83. The molecule has 0 aliphatic heterocycles. The van der Waals surface area contributed by atoms with E-state index in [0.29, 0.717) is 5.41 Å². The van der Waals surface area contributed by atoms with Gasteiger partial charge >= 0.3 is 0 Å². The first-order valence-corrected chi connectivity index (χ1v) is 8.32. The third kappa shape index (κ3) is 1.79. The molecule has 2 heteroatoms. The standard InChI is InChI=1S/C17H21BrO/c1-19-16-14(3-2-4-15(16)18)17-8-11-5-12(9-17)7-13(6-11)10-17/h2-4,11-13H,5-10H2,1H3. The molecule has 0 heterocycles. The van der Waals surface area contributed by atoms with Crippen molar-refractivity contribution in [2.24, 2.45) is 17.8 Å². The minimum absolute atomic E-state index is 0.421. The zero-order valence-corrected chi connectivity index (χ0v) is 13.1. The second kappa shape index (κ2) is 4.25. The average Bonchev–Trinajstić information content (AvgIpc) is 2.36. The van der Waals surface area contributed by atoms with Crippen molar-refractivity contribution in [3.63, 3.8) is 0 Å². The van der Waals surface area contributed by atoms with E-state index in [9.17, 15) is 0 Å². The molecular formula is C17H21BrO. The van der Waals surface area contributed by atoms with Crippen LogP contribution in [-0.2, 0) is 5.41 Å². The van der Waals surface area contributed by atoms with E-state index in [-0.39, 0.29) is 0 Å². The number of hydrogen-bond donors (Lipinski definition) is 0. The van der Waals surface area contributed by atoms with Crippen molar-refractivity contribution in [3.05, 3.63) is 28.2 Å². The monoisotopic (exact) mass is 320 g/mol. The van der Waals surface area contributed by atoms with Crippen LogP contribution >= 0.6 is 15.9 Å². The van der Waals surface area contributed by atoms with Crippen LogP contribution in [0.1, 0.15) is 44.1 Å². The molecule has 5 rings (SSSR count). The first-order valence-electron chi connectivity index (χ1n) is 7.53. The van der Waals surface area contributed by atoms with Gasteiger partial charge in [0.15, 0.2) is 0 Å². The Balaban J connectivity index is 1.81. The minimum atomic E-state index is 0.421. The van der Waals surface area contributed by atoms with Crippen molar-refractivity contribution in [1.82, 2.24) is 0 Å². The smallest absolute Gasteiger partial charge is 0.136 e. The van der Waals surface area contributed by atoms with Gasteiger partial charge in [0.1, 0.15) is 5.75 Å². The molecule has 1 nitrogen and oxygen atoms in total. The summed E-state index contributed by atoms with van der Waals surface area (Å²) in [4.78, 5) is 0. The maximum Gasteiger partial charge on any atom is 0.136 e. The molecule has 19 heavy (non-hydrogen) atoms. The normalized spacial score (nSPS) is 39.6. The number of halogens is 1. The predicted molar refractivity (Wildman–Crippen MR) is 80.5 cm³/mol. The van der Waals surface area contributed by atoms with Gasteiger partial charge in [-0.25, -0.2) is 0 Å². The summed E-state index contributed by atoms with van der Waals surface area (Å²) in [7, 11) is 1.81. The summed E-state index contributed by atoms with van der Waals surface area (Å²) in [5.74, 6) is 4.03. The van der Waals surface area contributed by atoms with Gasteiger partial charge in [0.25, 0.3) is 0 Å². The van der Waals surface area contributed by atoms with Crippen molar-refractivity contribution in [1.29, 1.82) is 0 Å². The largest absolute Gasteiger partial charge is 0.495 e. The third-order valence-corrected chi connectivity index (χ3v) is 6.41. The Morgan fingerprint density at radius 3 is 2.16 bits per heavy atom. The highest BCUT2D eigenvalue weighted by Gasteiger charge is 2.52. The van der Waals surface area contributed by atoms with Gasteiger partial charge in [-0.15, -0.1) is 0 Å². The molecule has 0 unspecified atom stereocenters. The Morgan fingerprint density at radius 2 is 1.63 bits per heavy atom. The topological polar surface area (TPSA) is 9.23 Å². The fourth-order valence-corrected chi connectivity index (χ4v) is 6.10. The van der Waals surface area contributed by atoms with Crippen LogP contribution in [0, 0.1) is 17.8 Å². The molecule has 4 aliphatic rings. The molecule has 0 saturated heterocycles. The molecule has 0 atom stereocenters. The molecule has 0 amide bonds. The van der Waals surface area contributed by atoms with Crippen LogP contribution in [0.15, 0.2) is 22.7 Å². The van der Waals surface area contributed by atoms with E-state index < -0.39 is 0 Å². The van der Waals surface area contributed by atoms with Crippen LogP contribution in [0.3, 0.4) is 0 Å². The van der Waals surface area contributed by atoms with E-state index >= 15 is 0 Å². The molecule has 0 aromatic heterocycles. The molecule has 0 radical (unpaired) electrons. The fourth-order valence-electron chi connectivity index (χ4n) is 5.57. The number of benzene rings is 1. The lowest BCUT2D eigenvalue weighted by molar-refractivity contribution is -0.00619. The number of methoxy groups -OCH3 is 1. The first-order chi connectivity index (χ1) is 9.20. The third-order valence-electron chi connectivity index (χ3n) is 5.78. The number of hydrogen-bond acceptors (Lipinski definition) is 1. The fraction of sp³-hybridized carbons (Fsp3) is 0.647. The van der Waals surface area contributed by atoms with E-state index in [1.807, 2.05) is 7.11 Å². The van der Waals surface area contributed by atoms with Gasteiger partial charge in [0, 0.05) is 5.56 Å². The van der Waals surface area contributed by atoms with Crippen LogP contribution in [0.5, 0.6) is 5.75 Å². The van der Waals surface area contributed by atoms with Crippen LogP contribution in [0.25, 0.3) is 0 Å². The van der Waals surface area contributed by atoms with Gasteiger partial charge in [-0.05, 0) is 83.7 Å². The number of ether oxygens (including phenoxy) is 1. The van der Waals surface area contributed by atoms with E-state index in [1.54, 1.807) is 0 Å². The van der Waals surface area contributed by atoms with Crippen LogP contribution in [0.2, 0.25) is 0 Å². The Kier molecular flexibility index (Phi) is 2.74. The molecule has 1 aromatic carbocycles. The summed E-state index contributed by atoms with van der Waals surface area (Å²) >= 11 is 3.66. The van der Waals surface area contributed by atoms with E-state index in [1.165, 1.54) is 44.1 Å². The lowest BCUT2D eigenvalue weighted by Crippen LogP contribution is -2.48. The van der Waals surface area contributed by atoms with Crippen molar-refractivity contribution < 1.29 is 4.74 Å². The molecule has 4 saturated carbocycles. The van der Waals surface area contributed by atoms with Crippen molar-refractivity contribution >= 4 is 15.9 Å². The van der Waals surface area contributed by atoms with Gasteiger partial charge in [-0.1, -0.05) is 12.1 Å². The summed E-state index contributed by atoms with van der Waals surface area (Å²) in [6.45, 7) is 0. The van der Waals surface area contributed by atoms with Crippen LogP contribution in [0.4, 0.5) is 0 Å². The highest BCUT2D eigenvalue weighted by atomic mass is 79.9. The zero-order valence-electron chi connectivity index (χ0n) is 11.5. The first kappa shape index (κ1) is 12.3.